The van der Waals surface area contributed by atoms with Gasteiger partial charge in [0.25, 0.3) is 0 Å². The standard InChI is InChI=1S/C14H18N2O4/c1-3-4-12(17)15-8-13(18)16-11-6-5-9(2)7-10(11)14(19)20/h5-7H,3-4,8H2,1-2H3,(H,15,17)(H,16,18)(H,19,20). The Morgan fingerprint density at radius 3 is 2.50 bits per heavy atom. The van der Waals surface area contributed by atoms with Crippen LogP contribution in [0.5, 0.6) is 0 Å². The second kappa shape index (κ2) is 7.28. The van der Waals surface area contributed by atoms with Gasteiger partial charge >= 0.3 is 5.97 Å². The van der Waals surface area contributed by atoms with Crippen LogP contribution >= 0.6 is 0 Å². The summed E-state index contributed by atoms with van der Waals surface area (Å²) >= 11 is 0. The molecule has 0 saturated carbocycles. The molecule has 1 rings (SSSR count). The lowest BCUT2D eigenvalue weighted by atomic mass is 10.1. The molecule has 0 spiro atoms. The van der Waals surface area contributed by atoms with Crippen molar-refractivity contribution >= 4 is 23.5 Å². The van der Waals surface area contributed by atoms with Crippen molar-refractivity contribution in [1.29, 1.82) is 0 Å². The summed E-state index contributed by atoms with van der Waals surface area (Å²) in [6, 6.07) is 4.72. The number of rotatable bonds is 6. The number of carbonyl (C=O) groups excluding carboxylic acids is 2. The Bertz CT molecular complexity index is 526. The van der Waals surface area contributed by atoms with Crippen molar-refractivity contribution in [2.24, 2.45) is 0 Å². The number of amides is 2. The number of anilines is 1. The van der Waals surface area contributed by atoms with Crippen LogP contribution in [0.15, 0.2) is 18.2 Å². The molecule has 2 amide bonds. The van der Waals surface area contributed by atoms with Crippen molar-refractivity contribution in [1.82, 2.24) is 5.32 Å². The number of aromatic carboxylic acids is 1. The zero-order valence-electron chi connectivity index (χ0n) is 11.5. The van der Waals surface area contributed by atoms with Crippen LogP contribution in [-0.4, -0.2) is 29.4 Å². The van der Waals surface area contributed by atoms with Gasteiger partial charge in [-0.1, -0.05) is 18.6 Å². The molecule has 20 heavy (non-hydrogen) atoms. The maximum atomic E-state index is 11.7. The molecule has 0 saturated heterocycles. The quantitative estimate of drug-likeness (QED) is 0.735. The summed E-state index contributed by atoms with van der Waals surface area (Å²) < 4.78 is 0. The Labute approximate surface area is 117 Å². The van der Waals surface area contributed by atoms with Gasteiger partial charge in [0.2, 0.25) is 11.8 Å². The summed E-state index contributed by atoms with van der Waals surface area (Å²) in [5.74, 6) is -1.77. The van der Waals surface area contributed by atoms with Crippen molar-refractivity contribution < 1.29 is 19.5 Å². The first-order valence-electron chi connectivity index (χ1n) is 6.34. The summed E-state index contributed by atoms with van der Waals surface area (Å²) in [5.41, 5.74) is 1.03. The fourth-order valence-electron chi connectivity index (χ4n) is 1.63. The van der Waals surface area contributed by atoms with E-state index in [-0.39, 0.29) is 23.7 Å². The average molecular weight is 278 g/mol. The number of benzene rings is 1. The van der Waals surface area contributed by atoms with Gasteiger partial charge in [0.15, 0.2) is 0 Å². The van der Waals surface area contributed by atoms with E-state index in [4.69, 9.17) is 5.11 Å². The van der Waals surface area contributed by atoms with Gasteiger partial charge in [0, 0.05) is 6.42 Å². The minimum absolute atomic E-state index is 0.0261. The van der Waals surface area contributed by atoms with Crippen LogP contribution in [0.3, 0.4) is 0 Å². The number of aryl methyl sites for hydroxylation is 1. The van der Waals surface area contributed by atoms with E-state index in [1.807, 2.05) is 6.92 Å². The molecule has 6 heteroatoms. The zero-order valence-corrected chi connectivity index (χ0v) is 11.5. The van der Waals surface area contributed by atoms with E-state index in [2.05, 4.69) is 10.6 Å². The van der Waals surface area contributed by atoms with Crippen molar-refractivity contribution in [2.75, 3.05) is 11.9 Å². The van der Waals surface area contributed by atoms with Crippen LogP contribution < -0.4 is 10.6 Å². The lowest BCUT2D eigenvalue weighted by molar-refractivity contribution is -0.124. The SMILES string of the molecule is CCCC(=O)NCC(=O)Nc1ccc(C)cc1C(=O)O. The summed E-state index contributed by atoms with van der Waals surface area (Å²) in [5, 5.41) is 14.0. The third kappa shape index (κ3) is 4.72. The molecule has 6 nitrogen and oxygen atoms in total. The minimum Gasteiger partial charge on any atom is -0.478 e. The van der Waals surface area contributed by atoms with E-state index in [9.17, 15) is 14.4 Å². The minimum atomic E-state index is -1.11. The molecule has 108 valence electrons. The fourth-order valence-corrected chi connectivity index (χ4v) is 1.63. The van der Waals surface area contributed by atoms with Crippen LogP contribution in [0.25, 0.3) is 0 Å². The monoisotopic (exact) mass is 278 g/mol. The molecule has 0 aliphatic carbocycles. The van der Waals surface area contributed by atoms with Crippen LogP contribution in [0.1, 0.15) is 35.7 Å². The molecule has 0 aliphatic heterocycles. The molecule has 0 unspecified atom stereocenters. The zero-order chi connectivity index (χ0) is 15.1. The number of carboxylic acid groups (broad SMARTS) is 1. The maximum absolute atomic E-state index is 11.7. The highest BCUT2D eigenvalue weighted by Gasteiger charge is 2.13. The summed E-state index contributed by atoms with van der Waals surface area (Å²) in [4.78, 5) is 34.0. The molecular formula is C14H18N2O4. The lowest BCUT2D eigenvalue weighted by Crippen LogP contribution is -2.32. The number of carboxylic acids is 1. The van der Waals surface area contributed by atoms with Gasteiger partial charge < -0.3 is 15.7 Å². The van der Waals surface area contributed by atoms with E-state index in [1.54, 1.807) is 13.0 Å². The van der Waals surface area contributed by atoms with E-state index in [0.717, 1.165) is 5.56 Å². The summed E-state index contributed by atoms with van der Waals surface area (Å²) in [6.45, 7) is 3.46. The van der Waals surface area contributed by atoms with Crippen LogP contribution in [0.2, 0.25) is 0 Å². The van der Waals surface area contributed by atoms with Gasteiger partial charge in [0.05, 0.1) is 17.8 Å². The van der Waals surface area contributed by atoms with Crippen molar-refractivity contribution in [3.05, 3.63) is 29.3 Å². The highest BCUT2D eigenvalue weighted by molar-refractivity contribution is 6.01. The summed E-state index contributed by atoms with van der Waals surface area (Å²) in [7, 11) is 0. The molecule has 1 aromatic carbocycles. The second-order valence-electron chi connectivity index (χ2n) is 4.43. The Kier molecular flexibility index (Phi) is 5.71. The van der Waals surface area contributed by atoms with Gasteiger partial charge in [-0.25, -0.2) is 4.79 Å². The third-order valence-corrected chi connectivity index (χ3v) is 2.60. The molecule has 0 atom stereocenters. The van der Waals surface area contributed by atoms with E-state index < -0.39 is 11.9 Å². The number of carbonyl (C=O) groups is 3. The molecular weight excluding hydrogens is 260 g/mol. The van der Waals surface area contributed by atoms with Crippen LogP contribution in [-0.2, 0) is 9.59 Å². The molecule has 0 aliphatic rings. The fraction of sp³-hybridized carbons (Fsp3) is 0.357. The molecule has 0 aromatic heterocycles. The first-order valence-corrected chi connectivity index (χ1v) is 6.34. The van der Waals surface area contributed by atoms with Gasteiger partial charge in [0.1, 0.15) is 0 Å². The Hall–Kier alpha value is -2.37. The number of nitrogens with one attached hydrogen (secondary N) is 2. The molecule has 0 radical (unpaired) electrons. The van der Waals surface area contributed by atoms with Crippen molar-refractivity contribution in [3.8, 4) is 0 Å². The summed E-state index contributed by atoms with van der Waals surface area (Å²) in [6.07, 6.45) is 1.06. The van der Waals surface area contributed by atoms with E-state index in [1.165, 1.54) is 12.1 Å². The van der Waals surface area contributed by atoms with Crippen molar-refractivity contribution in [3.63, 3.8) is 0 Å². The molecule has 0 bridgehead atoms. The topological polar surface area (TPSA) is 95.5 Å². The predicted molar refractivity (Wildman–Crippen MR) is 74.7 cm³/mol. The Balaban J connectivity index is 2.66. The first kappa shape index (κ1) is 15.7. The van der Waals surface area contributed by atoms with E-state index in [0.29, 0.717) is 12.8 Å². The average Bonchev–Trinajstić information content (AvgIpc) is 2.38. The molecule has 3 N–H and O–H groups in total. The lowest BCUT2D eigenvalue weighted by Gasteiger charge is -2.10. The van der Waals surface area contributed by atoms with Crippen LogP contribution in [0, 0.1) is 6.92 Å². The van der Waals surface area contributed by atoms with Gasteiger partial charge in [-0.2, -0.15) is 0 Å². The second-order valence-corrected chi connectivity index (χ2v) is 4.43. The highest BCUT2D eigenvalue weighted by Crippen LogP contribution is 2.17. The predicted octanol–water partition coefficient (Wildman–Crippen LogP) is 1.55. The number of hydrogen-bond donors (Lipinski definition) is 3. The van der Waals surface area contributed by atoms with E-state index >= 15 is 0 Å². The highest BCUT2D eigenvalue weighted by atomic mass is 16.4. The normalized spacial score (nSPS) is 9.90. The Morgan fingerprint density at radius 2 is 1.90 bits per heavy atom. The van der Waals surface area contributed by atoms with Gasteiger partial charge in [-0.15, -0.1) is 0 Å². The molecule has 1 aromatic rings. The van der Waals surface area contributed by atoms with Crippen LogP contribution in [0.4, 0.5) is 5.69 Å². The third-order valence-electron chi connectivity index (χ3n) is 2.60. The van der Waals surface area contributed by atoms with Gasteiger partial charge in [-0.3, -0.25) is 9.59 Å². The molecule has 0 fully saturated rings. The number of hydrogen-bond acceptors (Lipinski definition) is 3. The van der Waals surface area contributed by atoms with Gasteiger partial charge in [-0.05, 0) is 25.5 Å². The largest absolute Gasteiger partial charge is 0.478 e. The Morgan fingerprint density at radius 1 is 1.20 bits per heavy atom. The first-order chi connectivity index (χ1) is 9.43. The molecule has 0 heterocycles. The van der Waals surface area contributed by atoms with Crippen molar-refractivity contribution in [2.45, 2.75) is 26.7 Å². The smallest absolute Gasteiger partial charge is 0.337 e. The maximum Gasteiger partial charge on any atom is 0.337 e.